The van der Waals surface area contributed by atoms with E-state index in [1.165, 1.54) is 6.07 Å². The largest absolute Gasteiger partial charge is 0.507 e. The predicted molar refractivity (Wildman–Crippen MR) is 86.6 cm³/mol. The van der Waals surface area contributed by atoms with Crippen molar-refractivity contribution >= 4 is 40.2 Å². The number of nitrogens with one attached hydrogen (secondary N) is 1. The number of amides is 1. The van der Waals surface area contributed by atoms with Gasteiger partial charge in [0, 0.05) is 9.26 Å². The van der Waals surface area contributed by atoms with Gasteiger partial charge in [-0.3, -0.25) is 9.59 Å². The summed E-state index contributed by atoms with van der Waals surface area (Å²) >= 11 is 2.04. The molecule has 0 aliphatic heterocycles. The first kappa shape index (κ1) is 15.3. The molecule has 21 heavy (non-hydrogen) atoms. The lowest BCUT2D eigenvalue weighted by Crippen LogP contribution is -2.14. The molecule has 0 saturated heterocycles. The van der Waals surface area contributed by atoms with E-state index >= 15 is 0 Å². The van der Waals surface area contributed by atoms with Crippen LogP contribution in [0.15, 0.2) is 42.5 Å². The topological polar surface area (TPSA) is 86.6 Å². The summed E-state index contributed by atoms with van der Waals surface area (Å²) in [5.74, 6) is -1.58. The Hall–Kier alpha value is -2.09. The molecule has 0 saturated carbocycles. The van der Waals surface area contributed by atoms with Gasteiger partial charge in [0.15, 0.2) is 0 Å². The van der Waals surface area contributed by atoms with Gasteiger partial charge in [0.2, 0.25) is 0 Å². The second-order valence-electron chi connectivity index (χ2n) is 4.34. The lowest BCUT2D eigenvalue weighted by molar-refractivity contribution is -0.136. The summed E-state index contributed by atoms with van der Waals surface area (Å²) in [4.78, 5) is 23.0. The smallest absolute Gasteiger partial charge is 0.307 e. The van der Waals surface area contributed by atoms with Crippen molar-refractivity contribution in [2.75, 3.05) is 5.32 Å². The maximum absolute atomic E-state index is 12.2. The fraction of sp³-hybridized carbons (Fsp3) is 0.0667. The van der Waals surface area contributed by atoms with Crippen molar-refractivity contribution in [3.05, 3.63) is 57.2 Å². The van der Waals surface area contributed by atoms with Gasteiger partial charge in [-0.2, -0.15) is 0 Å². The molecule has 0 radical (unpaired) electrons. The van der Waals surface area contributed by atoms with Crippen LogP contribution in [-0.2, 0) is 11.2 Å². The van der Waals surface area contributed by atoms with E-state index in [9.17, 15) is 14.7 Å². The third kappa shape index (κ3) is 3.94. The monoisotopic (exact) mass is 397 g/mol. The second kappa shape index (κ2) is 6.57. The van der Waals surface area contributed by atoms with Gasteiger partial charge in [-0.1, -0.05) is 18.2 Å². The maximum atomic E-state index is 12.2. The number of phenols is 1. The Morgan fingerprint density at radius 2 is 1.86 bits per heavy atom. The van der Waals surface area contributed by atoms with Crippen molar-refractivity contribution in [2.45, 2.75) is 6.42 Å². The van der Waals surface area contributed by atoms with Gasteiger partial charge < -0.3 is 15.5 Å². The highest BCUT2D eigenvalue weighted by Crippen LogP contribution is 2.22. The van der Waals surface area contributed by atoms with Crippen molar-refractivity contribution < 1.29 is 19.8 Å². The molecular formula is C15H12INO4. The third-order valence-corrected chi connectivity index (χ3v) is 3.48. The average molecular weight is 397 g/mol. The number of anilines is 1. The molecule has 0 aliphatic rings. The van der Waals surface area contributed by atoms with Crippen LogP contribution in [0.4, 0.5) is 5.69 Å². The summed E-state index contributed by atoms with van der Waals surface area (Å²) in [6.45, 7) is 0. The highest BCUT2D eigenvalue weighted by Gasteiger charge is 2.14. The summed E-state index contributed by atoms with van der Waals surface area (Å²) in [5.41, 5.74) is 1.07. The first-order valence-electron chi connectivity index (χ1n) is 6.07. The van der Waals surface area contributed by atoms with E-state index in [0.29, 0.717) is 11.3 Å². The summed E-state index contributed by atoms with van der Waals surface area (Å²) in [5, 5.41) is 21.2. The Balaban J connectivity index is 2.27. The zero-order chi connectivity index (χ0) is 15.4. The minimum Gasteiger partial charge on any atom is -0.507 e. The molecule has 0 unspecified atom stereocenters. The Bertz CT molecular complexity index is 700. The highest BCUT2D eigenvalue weighted by atomic mass is 127. The van der Waals surface area contributed by atoms with Crippen LogP contribution in [0.25, 0.3) is 0 Å². The molecule has 2 aromatic carbocycles. The lowest BCUT2D eigenvalue weighted by Gasteiger charge is -2.10. The Morgan fingerprint density at radius 1 is 1.14 bits per heavy atom. The minimum atomic E-state index is -0.978. The summed E-state index contributed by atoms with van der Waals surface area (Å²) in [7, 11) is 0. The number of aliphatic carboxylic acids is 1. The number of carboxylic acid groups (broad SMARTS) is 1. The molecule has 0 bridgehead atoms. The number of phenolic OH excluding ortho intramolecular Hbond substituents is 1. The van der Waals surface area contributed by atoms with Crippen LogP contribution in [-0.4, -0.2) is 22.1 Å². The number of hydrogen-bond acceptors (Lipinski definition) is 3. The van der Waals surface area contributed by atoms with Gasteiger partial charge in [-0.05, 0) is 52.4 Å². The maximum Gasteiger partial charge on any atom is 0.307 e. The molecule has 0 heterocycles. The van der Waals surface area contributed by atoms with E-state index in [-0.39, 0.29) is 17.7 Å². The molecule has 0 fully saturated rings. The molecule has 0 spiro atoms. The summed E-state index contributed by atoms with van der Waals surface area (Å²) in [6, 6.07) is 11.4. The summed E-state index contributed by atoms with van der Waals surface area (Å²) < 4.78 is 0.814. The molecule has 6 heteroatoms. The number of carbonyl (C=O) groups is 2. The van der Waals surface area contributed by atoms with Crippen molar-refractivity contribution in [3.8, 4) is 5.75 Å². The highest BCUT2D eigenvalue weighted by molar-refractivity contribution is 14.1. The van der Waals surface area contributed by atoms with Crippen LogP contribution in [0.3, 0.4) is 0 Å². The van der Waals surface area contributed by atoms with Crippen LogP contribution in [0.5, 0.6) is 5.75 Å². The van der Waals surface area contributed by atoms with Gasteiger partial charge in [0.05, 0.1) is 12.0 Å². The molecule has 1 amide bonds. The molecule has 108 valence electrons. The van der Waals surface area contributed by atoms with Crippen LogP contribution in [0.1, 0.15) is 15.9 Å². The number of benzene rings is 2. The first-order valence-corrected chi connectivity index (χ1v) is 7.15. The number of halogens is 1. The molecular weight excluding hydrogens is 385 g/mol. The van der Waals surface area contributed by atoms with Crippen LogP contribution in [0, 0.1) is 3.57 Å². The number of para-hydroxylation sites is 1. The molecule has 2 rings (SSSR count). The van der Waals surface area contributed by atoms with Crippen LogP contribution in [0.2, 0.25) is 0 Å². The van der Waals surface area contributed by atoms with E-state index < -0.39 is 11.9 Å². The zero-order valence-corrected chi connectivity index (χ0v) is 13.0. The van der Waals surface area contributed by atoms with E-state index in [0.717, 1.165) is 3.57 Å². The fourth-order valence-corrected chi connectivity index (χ4v) is 2.33. The van der Waals surface area contributed by atoms with Crippen molar-refractivity contribution in [1.82, 2.24) is 0 Å². The van der Waals surface area contributed by atoms with Crippen LogP contribution >= 0.6 is 22.6 Å². The minimum absolute atomic E-state index is 0.122. The number of carboxylic acids is 1. The number of carbonyl (C=O) groups excluding carboxylic acids is 1. The second-order valence-corrected chi connectivity index (χ2v) is 5.59. The van der Waals surface area contributed by atoms with Crippen molar-refractivity contribution in [2.24, 2.45) is 0 Å². The Morgan fingerprint density at radius 3 is 2.57 bits per heavy atom. The molecule has 0 atom stereocenters. The molecule has 2 aromatic rings. The van der Waals surface area contributed by atoms with Gasteiger partial charge in [0.1, 0.15) is 5.75 Å². The molecule has 0 aromatic heterocycles. The lowest BCUT2D eigenvalue weighted by atomic mass is 10.1. The Labute approximate surface area is 134 Å². The van der Waals surface area contributed by atoms with Crippen molar-refractivity contribution in [3.63, 3.8) is 0 Å². The van der Waals surface area contributed by atoms with Gasteiger partial charge >= 0.3 is 5.97 Å². The SMILES string of the molecule is O=C(O)Cc1ccccc1NC(=O)c1cc(I)ccc1O. The Kier molecular flexibility index (Phi) is 4.79. The number of aromatic hydroxyl groups is 1. The predicted octanol–water partition coefficient (Wildman–Crippen LogP) is 2.88. The van der Waals surface area contributed by atoms with Gasteiger partial charge in [-0.15, -0.1) is 0 Å². The van der Waals surface area contributed by atoms with E-state index in [2.05, 4.69) is 5.32 Å². The fourth-order valence-electron chi connectivity index (χ4n) is 1.84. The zero-order valence-electron chi connectivity index (χ0n) is 10.8. The summed E-state index contributed by atoms with van der Waals surface area (Å²) in [6.07, 6.45) is -0.186. The normalized spacial score (nSPS) is 10.1. The van der Waals surface area contributed by atoms with E-state index in [4.69, 9.17) is 5.11 Å². The third-order valence-electron chi connectivity index (χ3n) is 2.81. The van der Waals surface area contributed by atoms with E-state index in [1.54, 1.807) is 36.4 Å². The first-order chi connectivity index (χ1) is 9.97. The van der Waals surface area contributed by atoms with Crippen molar-refractivity contribution in [1.29, 1.82) is 0 Å². The average Bonchev–Trinajstić information content (AvgIpc) is 2.43. The standard InChI is InChI=1S/C15H12INO4/c16-10-5-6-13(18)11(8-10)15(21)17-12-4-2-1-3-9(12)7-14(19)20/h1-6,8,18H,7H2,(H,17,21)(H,19,20). The molecule has 5 nitrogen and oxygen atoms in total. The van der Waals surface area contributed by atoms with Crippen LogP contribution < -0.4 is 5.32 Å². The number of rotatable bonds is 4. The quantitative estimate of drug-likeness (QED) is 0.693. The van der Waals surface area contributed by atoms with Gasteiger partial charge in [-0.25, -0.2) is 0 Å². The molecule has 0 aliphatic carbocycles. The van der Waals surface area contributed by atoms with E-state index in [1.807, 2.05) is 22.6 Å². The van der Waals surface area contributed by atoms with Gasteiger partial charge in [0.25, 0.3) is 5.91 Å². The molecule has 3 N–H and O–H groups in total. The number of hydrogen-bond donors (Lipinski definition) is 3.